The Labute approximate surface area is 122 Å². The molecule has 0 aromatic heterocycles. The molecule has 0 unspecified atom stereocenters. The third kappa shape index (κ3) is 20.4. The number of unbranched alkanes of at least 4 members (excludes halogenated alkanes) is 6. The second kappa shape index (κ2) is 20.2. The van der Waals surface area contributed by atoms with Crippen LogP contribution in [0, 0.1) is 0 Å². The summed E-state index contributed by atoms with van der Waals surface area (Å²) >= 11 is 0. The average Bonchev–Trinajstić information content (AvgIpc) is 2.40. The van der Waals surface area contributed by atoms with Gasteiger partial charge < -0.3 is 10.0 Å². The Bertz CT molecular complexity index is 115. The Kier molecular flexibility index (Phi) is 22.6. The molecule has 0 rings (SSSR count). The average molecular weight is 274 g/mol. The summed E-state index contributed by atoms with van der Waals surface area (Å²) in [6.07, 6.45) is 12.4. The minimum Gasteiger partial charge on any atom is -0.397 e. The van der Waals surface area contributed by atoms with E-state index in [2.05, 4.69) is 25.7 Å². The largest absolute Gasteiger partial charge is 0.397 e. The van der Waals surface area contributed by atoms with Crippen LogP contribution in [0.4, 0.5) is 0 Å². The molecular formula is C17H39NO. The van der Waals surface area contributed by atoms with Crippen molar-refractivity contribution in [1.29, 1.82) is 0 Å². The third-order valence-corrected chi connectivity index (χ3v) is 3.23. The van der Waals surface area contributed by atoms with Gasteiger partial charge >= 0.3 is 0 Å². The molecule has 1 N–H and O–H groups in total. The number of hydrogen-bond acceptors (Lipinski definition) is 2. The molecule has 0 amide bonds. The van der Waals surface area contributed by atoms with E-state index in [-0.39, 0.29) is 6.61 Å². The van der Waals surface area contributed by atoms with Crippen LogP contribution < -0.4 is 0 Å². The van der Waals surface area contributed by atoms with Crippen LogP contribution in [0.1, 0.15) is 85.5 Å². The first-order valence-corrected chi connectivity index (χ1v) is 8.59. The van der Waals surface area contributed by atoms with E-state index < -0.39 is 0 Å². The summed E-state index contributed by atoms with van der Waals surface area (Å²) in [5.41, 5.74) is 0. The molecule has 0 aliphatic heterocycles. The number of rotatable bonds is 12. The van der Waals surface area contributed by atoms with Crippen molar-refractivity contribution in [2.75, 3.05) is 26.2 Å². The summed E-state index contributed by atoms with van der Waals surface area (Å²) < 4.78 is 0. The number of hydrogen-bond donors (Lipinski definition) is 1. The van der Waals surface area contributed by atoms with Gasteiger partial charge in [0.2, 0.25) is 0 Å². The Morgan fingerprint density at radius 3 is 1.05 bits per heavy atom. The van der Waals surface area contributed by atoms with Crippen molar-refractivity contribution < 1.29 is 5.11 Å². The lowest BCUT2D eigenvalue weighted by molar-refractivity contribution is 0.256. The van der Waals surface area contributed by atoms with Gasteiger partial charge in [0.05, 0.1) is 0 Å². The van der Waals surface area contributed by atoms with Gasteiger partial charge in [-0.2, -0.15) is 0 Å². The van der Waals surface area contributed by atoms with E-state index in [1.165, 1.54) is 77.4 Å². The topological polar surface area (TPSA) is 23.5 Å². The highest BCUT2D eigenvalue weighted by Gasteiger charge is 2.03. The summed E-state index contributed by atoms with van der Waals surface area (Å²) in [7, 11) is 0. The summed E-state index contributed by atoms with van der Waals surface area (Å²) in [6, 6.07) is 0. The Balaban J connectivity index is 0. The minimum atomic E-state index is 0.250. The molecule has 19 heavy (non-hydrogen) atoms. The molecule has 0 aliphatic rings. The predicted octanol–water partition coefficient (Wildman–Crippen LogP) is 4.86. The summed E-state index contributed by atoms with van der Waals surface area (Å²) in [4.78, 5) is 2.70. The zero-order chi connectivity index (χ0) is 14.8. The SMILES string of the molecule is CCCCCN(CCCCC)CCCCC.CCO. The van der Waals surface area contributed by atoms with Crippen molar-refractivity contribution in [1.82, 2.24) is 4.90 Å². The first kappa shape index (κ1) is 21.2. The van der Waals surface area contributed by atoms with Crippen molar-refractivity contribution >= 4 is 0 Å². The molecular weight excluding hydrogens is 234 g/mol. The fourth-order valence-electron chi connectivity index (χ4n) is 2.09. The summed E-state index contributed by atoms with van der Waals surface area (Å²) in [5, 5.41) is 7.57. The predicted molar refractivity (Wildman–Crippen MR) is 87.8 cm³/mol. The van der Waals surface area contributed by atoms with Gasteiger partial charge in [0.1, 0.15) is 0 Å². The molecule has 0 heterocycles. The van der Waals surface area contributed by atoms with Gasteiger partial charge in [-0.25, -0.2) is 0 Å². The zero-order valence-corrected chi connectivity index (χ0v) is 14.1. The summed E-state index contributed by atoms with van der Waals surface area (Å²) in [5.74, 6) is 0. The maximum absolute atomic E-state index is 7.57. The van der Waals surface area contributed by atoms with Gasteiger partial charge in [-0.05, 0) is 45.8 Å². The second-order valence-electron chi connectivity index (χ2n) is 5.28. The standard InChI is InChI=1S/C15H33N.C2H6O/c1-4-7-10-13-16(14-11-8-5-2)15-12-9-6-3;1-2-3/h4-15H2,1-3H3;3H,2H2,1H3. The monoisotopic (exact) mass is 273 g/mol. The third-order valence-electron chi connectivity index (χ3n) is 3.23. The van der Waals surface area contributed by atoms with Crippen LogP contribution in [0.2, 0.25) is 0 Å². The van der Waals surface area contributed by atoms with Crippen molar-refractivity contribution in [3.05, 3.63) is 0 Å². The van der Waals surface area contributed by atoms with Gasteiger partial charge in [-0.15, -0.1) is 0 Å². The van der Waals surface area contributed by atoms with E-state index in [9.17, 15) is 0 Å². The molecule has 0 aliphatic carbocycles. The zero-order valence-electron chi connectivity index (χ0n) is 14.1. The molecule has 0 aromatic rings. The fraction of sp³-hybridized carbons (Fsp3) is 1.00. The molecule has 0 aromatic carbocycles. The molecule has 2 nitrogen and oxygen atoms in total. The van der Waals surface area contributed by atoms with E-state index >= 15 is 0 Å². The van der Waals surface area contributed by atoms with Crippen LogP contribution in [-0.2, 0) is 0 Å². The van der Waals surface area contributed by atoms with E-state index in [0.717, 1.165) is 0 Å². The summed E-state index contributed by atoms with van der Waals surface area (Å²) in [6.45, 7) is 12.8. The Morgan fingerprint density at radius 1 is 0.579 bits per heavy atom. The number of aliphatic hydroxyl groups is 1. The molecule has 0 saturated carbocycles. The fourth-order valence-corrected chi connectivity index (χ4v) is 2.09. The number of nitrogens with zero attached hydrogens (tertiary/aromatic N) is 1. The molecule has 0 atom stereocenters. The maximum atomic E-state index is 7.57. The second-order valence-corrected chi connectivity index (χ2v) is 5.28. The molecule has 118 valence electrons. The van der Waals surface area contributed by atoms with Crippen LogP contribution in [0.3, 0.4) is 0 Å². The molecule has 0 fully saturated rings. The molecule has 0 bridgehead atoms. The lowest BCUT2D eigenvalue weighted by atomic mass is 10.2. The first-order valence-electron chi connectivity index (χ1n) is 8.59. The van der Waals surface area contributed by atoms with Gasteiger partial charge in [-0.1, -0.05) is 59.3 Å². The lowest BCUT2D eigenvalue weighted by Crippen LogP contribution is -2.27. The van der Waals surface area contributed by atoms with E-state index in [1.807, 2.05) is 0 Å². The van der Waals surface area contributed by atoms with Crippen molar-refractivity contribution in [2.24, 2.45) is 0 Å². The molecule has 0 spiro atoms. The smallest absolute Gasteiger partial charge is 0.0402 e. The number of aliphatic hydroxyl groups excluding tert-OH is 1. The highest BCUT2D eigenvalue weighted by molar-refractivity contribution is 4.58. The van der Waals surface area contributed by atoms with Crippen LogP contribution >= 0.6 is 0 Å². The van der Waals surface area contributed by atoms with Gasteiger partial charge in [0.25, 0.3) is 0 Å². The molecule has 0 radical (unpaired) electrons. The lowest BCUT2D eigenvalue weighted by Gasteiger charge is -2.22. The highest BCUT2D eigenvalue weighted by Crippen LogP contribution is 2.05. The maximum Gasteiger partial charge on any atom is 0.0402 e. The van der Waals surface area contributed by atoms with Crippen LogP contribution in [0.15, 0.2) is 0 Å². The minimum absolute atomic E-state index is 0.250. The van der Waals surface area contributed by atoms with Gasteiger partial charge in [-0.3, -0.25) is 0 Å². The van der Waals surface area contributed by atoms with Gasteiger partial charge in [0.15, 0.2) is 0 Å². The molecule has 2 heteroatoms. The molecule has 0 saturated heterocycles. The Hall–Kier alpha value is -0.0800. The van der Waals surface area contributed by atoms with Crippen molar-refractivity contribution in [2.45, 2.75) is 85.5 Å². The normalized spacial score (nSPS) is 10.4. The van der Waals surface area contributed by atoms with Crippen LogP contribution in [0.25, 0.3) is 0 Å². The van der Waals surface area contributed by atoms with Crippen molar-refractivity contribution in [3.63, 3.8) is 0 Å². The highest BCUT2D eigenvalue weighted by atomic mass is 16.2. The quantitative estimate of drug-likeness (QED) is 0.513. The van der Waals surface area contributed by atoms with E-state index in [0.29, 0.717) is 0 Å². The van der Waals surface area contributed by atoms with Gasteiger partial charge in [0, 0.05) is 6.61 Å². The van der Waals surface area contributed by atoms with Crippen LogP contribution in [-0.4, -0.2) is 36.2 Å². The van der Waals surface area contributed by atoms with E-state index in [4.69, 9.17) is 5.11 Å². The van der Waals surface area contributed by atoms with Crippen molar-refractivity contribution in [3.8, 4) is 0 Å². The van der Waals surface area contributed by atoms with E-state index in [1.54, 1.807) is 6.92 Å². The first-order chi connectivity index (χ1) is 9.26. The Morgan fingerprint density at radius 2 is 0.842 bits per heavy atom. The van der Waals surface area contributed by atoms with Crippen LogP contribution in [0.5, 0.6) is 0 Å².